The average molecular weight is 313 g/mol. The Labute approximate surface area is 115 Å². The molecule has 0 spiro atoms. The summed E-state index contributed by atoms with van der Waals surface area (Å²) in [7, 11) is 0. The fraction of sp³-hybridized carbons (Fsp3) is 0.462. The summed E-state index contributed by atoms with van der Waals surface area (Å²) < 4.78 is 6.26. The molecule has 0 saturated carbocycles. The van der Waals surface area contributed by atoms with Crippen LogP contribution in [0, 0.1) is 6.92 Å². The summed E-state index contributed by atoms with van der Waals surface area (Å²) in [5.41, 5.74) is 2.24. The maximum atomic E-state index is 11.7. The van der Waals surface area contributed by atoms with E-state index in [0.29, 0.717) is 13.2 Å². The largest absolute Gasteiger partial charge is 0.379 e. The van der Waals surface area contributed by atoms with Gasteiger partial charge < -0.3 is 15.4 Å². The third kappa shape index (κ3) is 3.46. The van der Waals surface area contributed by atoms with Crippen LogP contribution in [-0.2, 0) is 11.3 Å². The standard InChI is InChI=1S/C13H17BrN2O2/c1-9-3-2-4-10(12(9)14)7-15-13(17)16-11-5-6-18-8-11/h2-4,11H,5-8H2,1H3,(H2,15,16,17)/t11-/m0/s1. The zero-order chi connectivity index (χ0) is 13.0. The summed E-state index contributed by atoms with van der Waals surface area (Å²) in [6.45, 7) is 3.89. The van der Waals surface area contributed by atoms with Crippen LogP contribution in [0.4, 0.5) is 4.79 Å². The molecular weight excluding hydrogens is 296 g/mol. The van der Waals surface area contributed by atoms with E-state index in [1.54, 1.807) is 0 Å². The van der Waals surface area contributed by atoms with Gasteiger partial charge in [0.05, 0.1) is 12.6 Å². The molecule has 1 heterocycles. The highest BCUT2D eigenvalue weighted by atomic mass is 79.9. The lowest BCUT2D eigenvalue weighted by molar-refractivity contribution is 0.188. The highest BCUT2D eigenvalue weighted by Gasteiger charge is 2.17. The lowest BCUT2D eigenvalue weighted by atomic mass is 10.1. The third-order valence-electron chi connectivity index (χ3n) is 2.98. The molecule has 1 aromatic carbocycles. The molecule has 1 saturated heterocycles. The topological polar surface area (TPSA) is 50.4 Å². The molecule has 5 heteroatoms. The van der Waals surface area contributed by atoms with E-state index in [4.69, 9.17) is 4.74 Å². The number of nitrogens with one attached hydrogen (secondary N) is 2. The first-order valence-corrected chi connectivity index (χ1v) is 6.82. The zero-order valence-corrected chi connectivity index (χ0v) is 11.9. The number of amides is 2. The molecule has 1 fully saturated rings. The van der Waals surface area contributed by atoms with Crippen molar-refractivity contribution in [1.82, 2.24) is 10.6 Å². The van der Waals surface area contributed by atoms with Crippen molar-refractivity contribution in [3.8, 4) is 0 Å². The smallest absolute Gasteiger partial charge is 0.315 e. The Morgan fingerprint density at radius 3 is 3.11 bits per heavy atom. The van der Waals surface area contributed by atoms with E-state index in [1.807, 2.05) is 25.1 Å². The van der Waals surface area contributed by atoms with E-state index in [0.717, 1.165) is 23.1 Å². The SMILES string of the molecule is Cc1cccc(CNC(=O)N[C@H]2CCOC2)c1Br. The second-order valence-corrected chi connectivity index (χ2v) is 5.23. The number of benzene rings is 1. The first-order chi connectivity index (χ1) is 8.66. The van der Waals surface area contributed by atoms with Crippen molar-refractivity contribution in [2.75, 3.05) is 13.2 Å². The van der Waals surface area contributed by atoms with Gasteiger partial charge in [-0.05, 0) is 24.5 Å². The number of rotatable bonds is 3. The van der Waals surface area contributed by atoms with Crippen LogP contribution in [0.15, 0.2) is 22.7 Å². The van der Waals surface area contributed by atoms with E-state index < -0.39 is 0 Å². The van der Waals surface area contributed by atoms with Crippen LogP contribution in [0.3, 0.4) is 0 Å². The van der Waals surface area contributed by atoms with E-state index in [9.17, 15) is 4.79 Å². The van der Waals surface area contributed by atoms with Crippen molar-refractivity contribution in [2.45, 2.75) is 25.9 Å². The Balaban J connectivity index is 1.83. The van der Waals surface area contributed by atoms with Gasteiger partial charge in [0.15, 0.2) is 0 Å². The van der Waals surface area contributed by atoms with Crippen LogP contribution in [-0.4, -0.2) is 25.3 Å². The van der Waals surface area contributed by atoms with Crippen LogP contribution in [0.5, 0.6) is 0 Å². The molecule has 0 bridgehead atoms. The van der Waals surface area contributed by atoms with Crippen LogP contribution >= 0.6 is 15.9 Å². The highest BCUT2D eigenvalue weighted by molar-refractivity contribution is 9.10. The molecule has 2 N–H and O–H groups in total. The molecule has 1 aromatic rings. The van der Waals surface area contributed by atoms with Crippen molar-refractivity contribution in [3.63, 3.8) is 0 Å². The Bertz CT molecular complexity index is 431. The lowest BCUT2D eigenvalue weighted by Crippen LogP contribution is -2.42. The maximum absolute atomic E-state index is 11.7. The van der Waals surface area contributed by atoms with Gasteiger partial charge in [0.1, 0.15) is 0 Å². The Morgan fingerprint density at radius 2 is 2.39 bits per heavy atom. The van der Waals surface area contributed by atoms with Gasteiger partial charge in [0.2, 0.25) is 0 Å². The first-order valence-electron chi connectivity index (χ1n) is 6.03. The predicted octanol–water partition coefficient (Wildman–Crippen LogP) is 2.35. The minimum absolute atomic E-state index is 0.140. The average Bonchev–Trinajstić information content (AvgIpc) is 2.84. The van der Waals surface area contributed by atoms with E-state index in [2.05, 4.69) is 26.6 Å². The van der Waals surface area contributed by atoms with Crippen LogP contribution in [0.1, 0.15) is 17.5 Å². The van der Waals surface area contributed by atoms with Crippen molar-refractivity contribution in [1.29, 1.82) is 0 Å². The number of halogens is 1. The molecule has 0 unspecified atom stereocenters. The summed E-state index contributed by atoms with van der Waals surface area (Å²) in [6, 6.07) is 6.02. The van der Waals surface area contributed by atoms with Crippen LogP contribution in [0.25, 0.3) is 0 Å². The van der Waals surface area contributed by atoms with Crippen molar-refractivity contribution in [2.24, 2.45) is 0 Å². The van der Waals surface area contributed by atoms with Gasteiger partial charge in [-0.15, -0.1) is 0 Å². The number of aryl methyl sites for hydroxylation is 1. The molecular formula is C13H17BrN2O2. The van der Waals surface area contributed by atoms with Gasteiger partial charge in [-0.2, -0.15) is 0 Å². The summed E-state index contributed by atoms with van der Waals surface area (Å²) in [6.07, 6.45) is 0.890. The first kappa shape index (κ1) is 13.4. The summed E-state index contributed by atoms with van der Waals surface area (Å²) in [5.74, 6) is 0. The highest BCUT2D eigenvalue weighted by Crippen LogP contribution is 2.20. The van der Waals surface area contributed by atoms with Crippen molar-refractivity contribution in [3.05, 3.63) is 33.8 Å². The molecule has 0 aromatic heterocycles. The molecule has 1 aliphatic rings. The van der Waals surface area contributed by atoms with E-state index in [1.165, 1.54) is 5.56 Å². The normalized spacial score (nSPS) is 18.7. The van der Waals surface area contributed by atoms with Gasteiger partial charge in [-0.1, -0.05) is 34.1 Å². The van der Waals surface area contributed by atoms with Gasteiger partial charge in [-0.3, -0.25) is 0 Å². The number of urea groups is 1. The minimum atomic E-state index is -0.140. The summed E-state index contributed by atoms with van der Waals surface area (Å²) >= 11 is 3.53. The molecule has 4 nitrogen and oxygen atoms in total. The Hall–Kier alpha value is -1.07. The molecule has 0 radical (unpaired) electrons. The molecule has 18 heavy (non-hydrogen) atoms. The third-order valence-corrected chi connectivity index (χ3v) is 4.11. The lowest BCUT2D eigenvalue weighted by Gasteiger charge is -2.13. The molecule has 2 rings (SSSR count). The van der Waals surface area contributed by atoms with Gasteiger partial charge in [0.25, 0.3) is 0 Å². The summed E-state index contributed by atoms with van der Waals surface area (Å²) in [5, 5.41) is 5.75. The molecule has 1 atom stereocenters. The van der Waals surface area contributed by atoms with E-state index in [-0.39, 0.29) is 12.1 Å². The Morgan fingerprint density at radius 1 is 1.56 bits per heavy atom. The second-order valence-electron chi connectivity index (χ2n) is 4.44. The molecule has 2 amide bonds. The maximum Gasteiger partial charge on any atom is 0.315 e. The number of hydrogen-bond donors (Lipinski definition) is 2. The number of carbonyl (C=O) groups is 1. The van der Waals surface area contributed by atoms with Gasteiger partial charge in [-0.25, -0.2) is 4.79 Å². The van der Waals surface area contributed by atoms with Gasteiger partial charge in [0, 0.05) is 17.6 Å². The minimum Gasteiger partial charge on any atom is -0.379 e. The fourth-order valence-electron chi connectivity index (χ4n) is 1.90. The molecule has 1 aliphatic heterocycles. The van der Waals surface area contributed by atoms with Crippen molar-refractivity contribution < 1.29 is 9.53 Å². The second kappa shape index (κ2) is 6.20. The van der Waals surface area contributed by atoms with E-state index >= 15 is 0 Å². The fourth-order valence-corrected chi connectivity index (χ4v) is 2.31. The monoisotopic (exact) mass is 312 g/mol. The molecule has 0 aliphatic carbocycles. The zero-order valence-electron chi connectivity index (χ0n) is 10.3. The molecule has 98 valence electrons. The predicted molar refractivity (Wildman–Crippen MR) is 73.5 cm³/mol. The number of ether oxygens (including phenoxy) is 1. The van der Waals surface area contributed by atoms with Crippen LogP contribution < -0.4 is 10.6 Å². The quantitative estimate of drug-likeness (QED) is 0.900. The van der Waals surface area contributed by atoms with Crippen LogP contribution in [0.2, 0.25) is 0 Å². The Kier molecular flexibility index (Phi) is 4.60. The van der Waals surface area contributed by atoms with Crippen molar-refractivity contribution >= 4 is 22.0 Å². The van der Waals surface area contributed by atoms with Gasteiger partial charge >= 0.3 is 6.03 Å². The number of carbonyl (C=O) groups excluding carboxylic acids is 1. The summed E-state index contributed by atoms with van der Waals surface area (Å²) in [4.78, 5) is 11.7. The number of hydrogen-bond acceptors (Lipinski definition) is 2.